The van der Waals surface area contributed by atoms with Crippen LogP contribution in [0.25, 0.3) is 0 Å². The summed E-state index contributed by atoms with van der Waals surface area (Å²) in [5.41, 5.74) is 7.31. The van der Waals surface area contributed by atoms with Gasteiger partial charge < -0.3 is 15.2 Å². The predicted molar refractivity (Wildman–Crippen MR) is 80.6 cm³/mol. The van der Waals surface area contributed by atoms with Crippen LogP contribution in [0.3, 0.4) is 0 Å². The predicted octanol–water partition coefficient (Wildman–Crippen LogP) is 3.87. The summed E-state index contributed by atoms with van der Waals surface area (Å²) in [7, 11) is 0. The molecule has 110 valence electrons. The lowest BCUT2D eigenvalue weighted by Gasteiger charge is -2.25. The Hall–Kier alpha value is -0.930. The zero-order valence-corrected chi connectivity index (χ0v) is 12.9. The van der Waals surface area contributed by atoms with Crippen LogP contribution in [0, 0.1) is 5.41 Å². The molecular weight excluding hydrogens is 274 g/mol. The Kier molecular flexibility index (Phi) is 3.38. The number of nitrogens with two attached hydrogens (primary N) is 1. The highest BCUT2D eigenvalue weighted by Crippen LogP contribution is 2.45. The van der Waals surface area contributed by atoms with Gasteiger partial charge in [0.15, 0.2) is 11.5 Å². The maximum atomic E-state index is 6.52. The summed E-state index contributed by atoms with van der Waals surface area (Å²) >= 11 is 6.39. The Bertz CT molecular complexity index is 521. The Morgan fingerprint density at radius 3 is 2.45 bits per heavy atom. The van der Waals surface area contributed by atoms with Gasteiger partial charge in [-0.15, -0.1) is 0 Å². The van der Waals surface area contributed by atoms with Crippen molar-refractivity contribution >= 4 is 11.6 Å². The quantitative estimate of drug-likeness (QED) is 0.855. The van der Waals surface area contributed by atoms with Crippen molar-refractivity contribution in [3.63, 3.8) is 0 Å². The van der Waals surface area contributed by atoms with Crippen molar-refractivity contribution in [3.8, 4) is 11.5 Å². The molecule has 2 aliphatic rings. The van der Waals surface area contributed by atoms with Crippen LogP contribution in [-0.2, 0) is 5.54 Å². The molecule has 1 aromatic rings. The molecule has 1 aliphatic carbocycles. The number of benzene rings is 1. The van der Waals surface area contributed by atoms with Crippen LogP contribution in [0.5, 0.6) is 11.5 Å². The molecule has 2 N–H and O–H groups in total. The first-order valence-corrected chi connectivity index (χ1v) is 7.66. The number of hydrogen-bond acceptors (Lipinski definition) is 3. The topological polar surface area (TPSA) is 44.5 Å². The van der Waals surface area contributed by atoms with Crippen LogP contribution in [0.4, 0.5) is 0 Å². The lowest BCUT2D eigenvalue weighted by atomic mass is 9.89. The number of ether oxygens (including phenoxy) is 2. The van der Waals surface area contributed by atoms with E-state index in [1.54, 1.807) is 0 Å². The van der Waals surface area contributed by atoms with Gasteiger partial charge in [-0.05, 0) is 30.5 Å². The first-order chi connectivity index (χ1) is 9.40. The summed E-state index contributed by atoms with van der Waals surface area (Å²) in [5.74, 6) is 1.39. The largest absolute Gasteiger partial charge is 0.489 e. The van der Waals surface area contributed by atoms with E-state index < -0.39 is 0 Å². The molecule has 1 aliphatic heterocycles. The Morgan fingerprint density at radius 2 is 1.75 bits per heavy atom. The second kappa shape index (κ2) is 4.81. The Balaban J connectivity index is 1.98. The molecule has 3 rings (SSSR count). The minimum Gasteiger partial charge on any atom is -0.489 e. The second-order valence-corrected chi connectivity index (χ2v) is 7.30. The molecule has 0 spiro atoms. The highest BCUT2D eigenvalue weighted by Gasteiger charge is 2.34. The van der Waals surface area contributed by atoms with Crippen LogP contribution < -0.4 is 15.2 Å². The molecule has 0 atom stereocenters. The fraction of sp³-hybridized carbons (Fsp3) is 0.625. The van der Waals surface area contributed by atoms with E-state index in [0.29, 0.717) is 24.0 Å². The van der Waals surface area contributed by atoms with Gasteiger partial charge in [-0.3, -0.25) is 0 Å². The summed E-state index contributed by atoms with van der Waals surface area (Å²) < 4.78 is 11.8. The summed E-state index contributed by atoms with van der Waals surface area (Å²) in [4.78, 5) is 0. The maximum absolute atomic E-state index is 6.52. The molecule has 4 heteroatoms. The van der Waals surface area contributed by atoms with Gasteiger partial charge in [0.2, 0.25) is 0 Å². The van der Waals surface area contributed by atoms with E-state index in [1.165, 1.54) is 12.8 Å². The third-order valence-electron chi connectivity index (χ3n) is 4.31. The molecule has 20 heavy (non-hydrogen) atoms. The minimum absolute atomic E-state index is 0.0176. The lowest BCUT2D eigenvalue weighted by Crippen LogP contribution is -2.33. The lowest BCUT2D eigenvalue weighted by molar-refractivity contribution is 0.140. The zero-order chi connectivity index (χ0) is 14.4. The van der Waals surface area contributed by atoms with Crippen LogP contribution in [-0.4, -0.2) is 13.2 Å². The highest BCUT2D eigenvalue weighted by molar-refractivity contribution is 6.32. The van der Waals surface area contributed by atoms with Crippen molar-refractivity contribution in [2.45, 2.75) is 45.1 Å². The van der Waals surface area contributed by atoms with Crippen LogP contribution in [0.15, 0.2) is 12.1 Å². The first-order valence-electron chi connectivity index (χ1n) is 7.28. The van der Waals surface area contributed by atoms with Gasteiger partial charge in [0.25, 0.3) is 0 Å². The van der Waals surface area contributed by atoms with Gasteiger partial charge in [0.1, 0.15) is 0 Å². The van der Waals surface area contributed by atoms with E-state index >= 15 is 0 Å². The fourth-order valence-corrected chi connectivity index (χ4v) is 3.25. The molecule has 0 radical (unpaired) electrons. The Labute approximate surface area is 125 Å². The van der Waals surface area contributed by atoms with E-state index in [9.17, 15) is 0 Å². The average molecular weight is 296 g/mol. The normalized spacial score (nSPS) is 23.4. The third kappa shape index (κ3) is 2.49. The minimum atomic E-state index is -0.260. The molecule has 1 fully saturated rings. The first kappa shape index (κ1) is 14.0. The van der Waals surface area contributed by atoms with Gasteiger partial charge in [0, 0.05) is 11.0 Å². The number of halogens is 1. The van der Waals surface area contributed by atoms with Crippen LogP contribution in [0.2, 0.25) is 5.02 Å². The molecule has 1 heterocycles. The van der Waals surface area contributed by atoms with Gasteiger partial charge in [-0.1, -0.05) is 38.3 Å². The molecule has 0 unspecified atom stereocenters. The SMILES string of the molecule is CC1(C)COc2cc(C3(N)CCCC3)cc(Cl)c2OC1. The van der Waals surface area contributed by atoms with E-state index in [2.05, 4.69) is 13.8 Å². The van der Waals surface area contributed by atoms with Crippen molar-refractivity contribution < 1.29 is 9.47 Å². The highest BCUT2D eigenvalue weighted by atomic mass is 35.5. The molecule has 0 saturated heterocycles. The monoisotopic (exact) mass is 295 g/mol. The molecular formula is C16H22ClNO2. The number of hydrogen-bond donors (Lipinski definition) is 1. The molecule has 3 nitrogen and oxygen atoms in total. The summed E-state index contributed by atoms with van der Waals surface area (Å²) in [5, 5.41) is 0.604. The van der Waals surface area contributed by atoms with Gasteiger partial charge in [-0.2, -0.15) is 0 Å². The average Bonchev–Trinajstić information content (AvgIpc) is 2.76. The van der Waals surface area contributed by atoms with Crippen molar-refractivity contribution in [1.82, 2.24) is 0 Å². The maximum Gasteiger partial charge on any atom is 0.179 e. The van der Waals surface area contributed by atoms with Gasteiger partial charge >= 0.3 is 0 Å². The molecule has 0 bridgehead atoms. The van der Waals surface area contributed by atoms with Crippen molar-refractivity contribution in [2.24, 2.45) is 11.1 Å². The third-order valence-corrected chi connectivity index (χ3v) is 4.59. The van der Waals surface area contributed by atoms with E-state index in [-0.39, 0.29) is 11.0 Å². The molecule has 1 saturated carbocycles. The van der Waals surface area contributed by atoms with E-state index in [0.717, 1.165) is 24.2 Å². The van der Waals surface area contributed by atoms with Crippen molar-refractivity contribution in [3.05, 3.63) is 22.7 Å². The van der Waals surface area contributed by atoms with Crippen LogP contribution >= 0.6 is 11.6 Å². The zero-order valence-electron chi connectivity index (χ0n) is 12.2. The molecule has 0 amide bonds. The molecule has 1 aromatic carbocycles. The molecule has 0 aromatic heterocycles. The summed E-state index contributed by atoms with van der Waals surface area (Å²) in [6, 6.07) is 3.97. The van der Waals surface area contributed by atoms with Gasteiger partial charge in [-0.25, -0.2) is 0 Å². The number of rotatable bonds is 1. The summed E-state index contributed by atoms with van der Waals surface area (Å²) in [6.07, 6.45) is 4.37. The van der Waals surface area contributed by atoms with E-state index in [1.807, 2.05) is 12.1 Å². The van der Waals surface area contributed by atoms with E-state index in [4.69, 9.17) is 26.8 Å². The standard InChI is InChI=1S/C16H22ClNO2/c1-15(2)9-19-13-8-11(16(18)5-3-4-6-16)7-12(17)14(13)20-10-15/h7-8H,3-6,9-10,18H2,1-2H3. The summed E-state index contributed by atoms with van der Waals surface area (Å²) in [6.45, 7) is 5.47. The van der Waals surface area contributed by atoms with Crippen molar-refractivity contribution in [2.75, 3.05) is 13.2 Å². The van der Waals surface area contributed by atoms with Gasteiger partial charge in [0.05, 0.1) is 18.2 Å². The van der Waals surface area contributed by atoms with Crippen LogP contribution in [0.1, 0.15) is 45.1 Å². The Morgan fingerprint density at radius 1 is 1.10 bits per heavy atom. The smallest absolute Gasteiger partial charge is 0.179 e. The number of fused-ring (bicyclic) bond motifs is 1. The fourth-order valence-electron chi connectivity index (χ4n) is 2.98. The van der Waals surface area contributed by atoms with Crippen molar-refractivity contribution in [1.29, 1.82) is 0 Å². The second-order valence-electron chi connectivity index (χ2n) is 6.89.